The lowest BCUT2D eigenvalue weighted by Crippen LogP contribution is -2.56. The van der Waals surface area contributed by atoms with Crippen LogP contribution in [0.4, 0.5) is 0 Å². The van der Waals surface area contributed by atoms with E-state index >= 15 is 0 Å². The second-order valence-electron chi connectivity index (χ2n) is 5.01. The van der Waals surface area contributed by atoms with Gasteiger partial charge >= 0.3 is 0 Å². The second kappa shape index (κ2) is 3.00. The largest absolute Gasteiger partial charge is 0.329 e. The molecule has 0 aromatic rings. The third-order valence-electron chi connectivity index (χ3n) is 3.55. The maximum Gasteiger partial charge on any atom is 0.0377 e. The highest BCUT2D eigenvalue weighted by Crippen LogP contribution is 2.41. The summed E-state index contributed by atoms with van der Waals surface area (Å²) >= 11 is 0. The van der Waals surface area contributed by atoms with Gasteiger partial charge in [-0.05, 0) is 31.8 Å². The Balaban J connectivity index is 2.89. The molecule has 2 N–H and O–H groups in total. The Labute approximate surface area is 76.1 Å². The maximum atomic E-state index is 5.90. The molecule has 0 amide bonds. The number of rotatable bonds is 1. The first-order chi connectivity index (χ1) is 5.44. The van der Waals surface area contributed by atoms with Gasteiger partial charge in [0, 0.05) is 12.1 Å². The van der Waals surface area contributed by atoms with Crippen molar-refractivity contribution in [1.82, 2.24) is 4.90 Å². The predicted molar refractivity (Wildman–Crippen MR) is 53.1 cm³/mol. The number of hydrogen-bond donors (Lipinski definition) is 1. The molecule has 1 heterocycles. The summed E-state index contributed by atoms with van der Waals surface area (Å²) in [5, 5.41) is 0. The number of nitrogens with zero attached hydrogens (tertiary/aromatic N) is 1. The third-order valence-corrected chi connectivity index (χ3v) is 3.55. The van der Waals surface area contributed by atoms with Crippen LogP contribution in [-0.2, 0) is 0 Å². The quantitative estimate of drug-likeness (QED) is 0.645. The van der Waals surface area contributed by atoms with Crippen LogP contribution in [0.25, 0.3) is 0 Å². The minimum absolute atomic E-state index is 0.243. The fourth-order valence-corrected chi connectivity index (χ4v) is 2.53. The molecule has 1 rings (SSSR count). The van der Waals surface area contributed by atoms with Crippen LogP contribution in [0.2, 0.25) is 0 Å². The summed E-state index contributed by atoms with van der Waals surface area (Å²) in [6.45, 7) is 8.87. The van der Waals surface area contributed by atoms with E-state index in [2.05, 4.69) is 32.7 Å². The van der Waals surface area contributed by atoms with Crippen molar-refractivity contribution in [1.29, 1.82) is 0 Å². The van der Waals surface area contributed by atoms with Gasteiger partial charge in [0.2, 0.25) is 0 Å². The Morgan fingerprint density at radius 3 is 2.17 bits per heavy atom. The van der Waals surface area contributed by atoms with E-state index in [4.69, 9.17) is 5.73 Å². The van der Waals surface area contributed by atoms with Gasteiger partial charge in [0.05, 0.1) is 0 Å². The molecule has 0 spiro atoms. The standard InChI is InChI=1S/C10H22N2/c1-9(2,3)10(8-11)6-5-7-12(10)4/h5-8,11H2,1-4H3. The van der Waals surface area contributed by atoms with E-state index in [1.54, 1.807) is 0 Å². The van der Waals surface area contributed by atoms with Crippen LogP contribution in [0.3, 0.4) is 0 Å². The lowest BCUT2D eigenvalue weighted by Gasteiger charge is -2.46. The van der Waals surface area contributed by atoms with Gasteiger partial charge in [0.25, 0.3) is 0 Å². The summed E-state index contributed by atoms with van der Waals surface area (Å²) in [5.74, 6) is 0. The van der Waals surface area contributed by atoms with Crippen LogP contribution < -0.4 is 5.73 Å². The third kappa shape index (κ3) is 1.27. The Morgan fingerprint density at radius 1 is 1.42 bits per heavy atom. The molecule has 0 aliphatic carbocycles. The van der Waals surface area contributed by atoms with E-state index in [9.17, 15) is 0 Å². The van der Waals surface area contributed by atoms with E-state index in [1.165, 1.54) is 19.4 Å². The van der Waals surface area contributed by atoms with Crippen molar-refractivity contribution >= 4 is 0 Å². The van der Waals surface area contributed by atoms with Gasteiger partial charge in [-0.2, -0.15) is 0 Å². The lowest BCUT2D eigenvalue weighted by atomic mass is 9.72. The second-order valence-corrected chi connectivity index (χ2v) is 5.01. The maximum absolute atomic E-state index is 5.90. The van der Waals surface area contributed by atoms with Crippen molar-refractivity contribution in [2.75, 3.05) is 20.1 Å². The monoisotopic (exact) mass is 170 g/mol. The molecule has 0 saturated carbocycles. The molecule has 1 unspecified atom stereocenters. The average molecular weight is 170 g/mol. The summed E-state index contributed by atoms with van der Waals surface area (Å²) in [6, 6.07) is 0. The molecule has 0 bridgehead atoms. The van der Waals surface area contributed by atoms with Crippen LogP contribution in [-0.4, -0.2) is 30.6 Å². The summed E-state index contributed by atoms with van der Waals surface area (Å²) in [4.78, 5) is 2.44. The van der Waals surface area contributed by atoms with Crippen LogP contribution in [0, 0.1) is 5.41 Å². The molecule has 12 heavy (non-hydrogen) atoms. The Hall–Kier alpha value is -0.0800. The van der Waals surface area contributed by atoms with Gasteiger partial charge in [-0.25, -0.2) is 0 Å². The molecule has 1 atom stereocenters. The summed E-state index contributed by atoms with van der Waals surface area (Å²) in [7, 11) is 2.20. The highest BCUT2D eigenvalue weighted by atomic mass is 15.2. The zero-order chi connectivity index (χ0) is 9.41. The summed E-state index contributed by atoms with van der Waals surface area (Å²) < 4.78 is 0. The highest BCUT2D eigenvalue weighted by Gasteiger charge is 2.46. The van der Waals surface area contributed by atoms with E-state index in [0.29, 0.717) is 5.41 Å². The van der Waals surface area contributed by atoms with E-state index in [1.807, 2.05) is 0 Å². The van der Waals surface area contributed by atoms with E-state index in [-0.39, 0.29) is 5.54 Å². The summed E-state index contributed by atoms with van der Waals surface area (Å²) in [6.07, 6.45) is 2.55. The molecular weight excluding hydrogens is 148 g/mol. The number of hydrogen-bond acceptors (Lipinski definition) is 2. The van der Waals surface area contributed by atoms with Gasteiger partial charge in [-0.3, -0.25) is 4.90 Å². The molecule has 1 fully saturated rings. The van der Waals surface area contributed by atoms with Crippen LogP contribution in [0.5, 0.6) is 0 Å². The molecule has 72 valence electrons. The molecule has 0 aromatic heterocycles. The highest BCUT2D eigenvalue weighted by molar-refractivity contribution is 5.03. The first-order valence-electron chi connectivity index (χ1n) is 4.85. The molecule has 0 radical (unpaired) electrons. The van der Waals surface area contributed by atoms with Crippen LogP contribution in [0.15, 0.2) is 0 Å². The number of nitrogens with two attached hydrogens (primary N) is 1. The van der Waals surface area contributed by atoms with Gasteiger partial charge in [-0.1, -0.05) is 20.8 Å². The number of likely N-dealkylation sites (tertiary alicyclic amines) is 1. The van der Waals surface area contributed by atoms with Crippen molar-refractivity contribution in [2.45, 2.75) is 39.2 Å². The molecule has 0 aromatic carbocycles. The first kappa shape index (κ1) is 10.0. The minimum Gasteiger partial charge on any atom is -0.329 e. The topological polar surface area (TPSA) is 29.3 Å². The van der Waals surface area contributed by atoms with Crippen molar-refractivity contribution in [3.8, 4) is 0 Å². The predicted octanol–water partition coefficient (Wildman–Crippen LogP) is 1.46. The van der Waals surface area contributed by atoms with E-state index in [0.717, 1.165) is 6.54 Å². The zero-order valence-electron chi connectivity index (χ0n) is 8.85. The van der Waals surface area contributed by atoms with Crippen LogP contribution >= 0.6 is 0 Å². The van der Waals surface area contributed by atoms with Gasteiger partial charge in [0.15, 0.2) is 0 Å². The molecule has 1 aliphatic rings. The van der Waals surface area contributed by atoms with Crippen LogP contribution in [0.1, 0.15) is 33.6 Å². The van der Waals surface area contributed by atoms with Crippen molar-refractivity contribution in [3.63, 3.8) is 0 Å². The molecule has 1 aliphatic heterocycles. The fraction of sp³-hybridized carbons (Fsp3) is 1.00. The van der Waals surface area contributed by atoms with Gasteiger partial charge < -0.3 is 5.73 Å². The first-order valence-corrected chi connectivity index (χ1v) is 4.85. The Kier molecular flexibility index (Phi) is 2.50. The van der Waals surface area contributed by atoms with Gasteiger partial charge in [-0.15, -0.1) is 0 Å². The zero-order valence-corrected chi connectivity index (χ0v) is 8.85. The SMILES string of the molecule is CN1CCCC1(CN)C(C)(C)C. The average Bonchev–Trinajstić information content (AvgIpc) is 2.30. The van der Waals surface area contributed by atoms with E-state index < -0.39 is 0 Å². The van der Waals surface area contributed by atoms with Gasteiger partial charge in [0.1, 0.15) is 0 Å². The molecule has 2 heteroatoms. The minimum atomic E-state index is 0.243. The van der Waals surface area contributed by atoms with Crippen molar-refractivity contribution in [3.05, 3.63) is 0 Å². The smallest absolute Gasteiger partial charge is 0.0377 e. The normalized spacial score (nSPS) is 32.8. The lowest BCUT2D eigenvalue weighted by molar-refractivity contribution is 0.0546. The molecular formula is C10H22N2. The molecule has 1 saturated heterocycles. The van der Waals surface area contributed by atoms with Crippen molar-refractivity contribution < 1.29 is 0 Å². The molecule has 2 nitrogen and oxygen atoms in total. The van der Waals surface area contributed by atoms with Crippen molar-refractivity contribution in [2.24, 2.45) is 11.1 Å². The Bertz CT molecular complexity index is 160. The fourth-order valence-electron chi connectivity index (χ4n) is 2.53. The summed E-state index contributed by atoms with van der Waals surface area (Å²) in [5.41, 5.74) is 6.45. The number of likely N-dealkylation sites (N-methyl/N-ethyl adjacent to an activating group) is 1. The Morgan fingerprint density at radius 2 is 2.00 bits per heavy atom.